The predicted octanol–water partition coefficient (Wildman–Crippen LogP) is 8.72. The Morgan fingerprint density at radius 1 is 0.789 bits per heavy atom. The first-order valence-electron chi connectivity index (χ1n) is 15.1. The van der Waals surface area contributed by atoms with E-state index in [9.17, 15) is 4.79 Å². The molecule has 0 saturated carbocycles. The van der Waals surface area contributed by atoms with E-state index in [1.54, 1.807) is 0 Å². The van der Waals surface area contributed by atoms with Crippen molar-refractivity contribution in [1.29, 1.82) is 0 Å². The number of nitrogens with zero attached hydrogens (tertiary/aromatic N) is 1. The molecule has 0 fully saturated rings. The highest BCUT2D eigenvalue weighted by Gasteiger charge is 2.24. The maximum Gasteiger partial charge on any atom is 0.311 e. The molecule has 0 radical (unpaired) electrons. The fourth-order valence-electron chi connectivity index (χ4n) is 4.78. The lowest BCUT2D eigenvalue weighted by atomic mass is 10.0. The Labute approximate surface area is 233 Å². The summed E-state index contributed by atoms with van der Waals surface area (Å²) in [6.07, 6.45) is 14.1. The molecule has 0 aliphatic rings. The quantitative estimate of drug-likeness (QED) is 0.0752. The average Bonchev–Trinajstić information content (AvgIpc) is 2.91. The highest BCUT2D eigenvalue weighted by molar-refractivity contribution is 5.72. The first kappa shape index (κ1) is 31.9. The molecular formula is C34H54NO3+. The van der Waals surface area contributed by atoms with Crippen molar-refractivity contribution in [2.75, 3.05) is 20.6 Å². The third kappa shape index (κ3) is 13.5. The molecule has 0 spiro atoms. The summed E-state index contributed by atoms with van der Waals surface area (Å²) in [5.74, 6) is 0.409. The molecule has 0 amide bonds. The number of carbonyl (C=O) groups is 1. The second kappa shape index (κ2) is 18.0. The van der Waals surface area contributed by atoms with Crippen LogP contribution in [0.3, 0.4) is 0 Å². The Kier molecular flexibility index (Phi) is 15.1. The van der Waals surface area contributed by atoms with Crippen LogP contribution >= 0.6 is 0 Å². The molecular weight excluding hydrogens is 470 g/mol. The van der Waals surface area contributed by atoms with Gasteiger partial charge >= 0.3 is 5.97 Å². The third-order valence-electron chi connectivity index (χ3n) is 7.36. The van der Waals surface area contributed by atoms with Gasteiger partial charge in [0.2, 0.25) is 6.29 Å². The molecule has 0 saturated heterocycles. The Morgan fingerprint density at radius 2 is 1.39 bits per heavy atom. The normalized spacial score (nSPS) is 13.2. The van der Waals surface area contributed by atoms with Crippen LogP contribution in [-0.4, -0.2) is 37.4 Å². The van der Waals surface area contributed by atoms with Crippen LogP contribution in [0.1, 0.15) is 103 Å². The van der Waals surface area contributed by atoms with Crippen LogP contribution in [0.2, 0.25) is 0 Å². The van der Waals surface area contributed by atoms with E-state index in [0.29, 0.717) is 6.42 Å². The number of hydrogen-bond acceptors (Lipinski definition) is 3. The van der Waals surface area contributed by atoms with Crippen LogP contribution in [0.15, 0.2) is 54.6 Å². The van der Waals surface area contributed by atoms with Gasteiger partial charge in [0.1, 0.15) is 12.3 Å². The summed E-state index contributed by atoms with van der Waals surface area (Å²) in [4.78, 5) is 12.8. The zero-order valence-corrected chi connectivity index (χ0v) is 24.9. The molecule has 2 atom stereocenters. The number of unbranched alkanes of at least 4 members (excludes halogenated alkanes) is 8. The summed E-state index contributed by atoms with van der Waals surface area (Å²) in [5.41, 5.74) is 2.65. The molecule has 2 rings (SSSR count). The number of hydrogen-bond donors (Lipinski definition) is 0. The van der Waals surface area contributed by atoms with Gasteiger partial charge < -0.3 is 14.0 Å². The van der Waals surface area contributed by atoms with Crippen LogP contribution in [0.4, 0.5) is 0 Å². The molecule has 0 aliphatic carbocycles. The second-order valence-corrected chi connectivity index (χ2v) is 11.6. The van der Waals surface area contributed by atoms with Crippen molar-refractivity contribution in [2.45, 2.75) is 111 Å². The fourth-order valence-corrected chi connectivity index (χ4v) is 4.78. The standard InChI is InChI=1S/C34H54NO3/c1-6-8-9-10-11-12-13-14-16-19-30-22-24-32(25-23-30)37-33(7-2)38-34(36)29(3)26-27-35(4,5)28-31-20-17-15-18-21-31/h15,17-18,20-25,29,33H,6-14,16,19,26-28H2,1-5H3/q+1. The lowest BCUT2D eigenvalue weighted by Crippen LogP contribution is -2.41. The van der Waals surface area contributed by atoms with Gasteiger partial charge in [0.05, 0.1) is 26.6 Å². The Bertz CT molecular complexity index is 878. The van der Waals surface area contributed by atoms with E-state index in [1.165, 1.54) is 68.9 Å². The van der Waals surface area contributed by atoms with Gasteiger partial charge in [0.25, 0.3) is 0 Å². The van der Waals surface area contributed by atoms with Gasteiger partial charge in [-0.25, -0.2) is 0 Å². The van der Waals surface area contributed by atoms with E-state index >= 15 is 0 Å². The summed E-state index contributed by atoms with van der Waals surface area (Å²) in [5, 5.41) is 0. The van der Waals surface area contributed by atoms with Crippen LogP contribution in [0.25, 0.3) is 0 Å². The Morgan fingerprint density at radius 3 is 2.00 bits per heavy atom. The highest BCUT2D eigenvalue weighted by atomic mass is 16.7. The minimum Gasteiger partial charge on any atom is -0.455 e. The molecule has 2 unspecified atom stereocenters. The van der Waals surface area contributed by atoms with Crippen molar-refractivity contribution in [3.05, 3.63) is 65.7 Å². The summed E-state index contributed by atoms with van der Waals surface area (Å²) in [6.45, 7) is 8.06. The van der Waals surface area contributed by atoms with Gasteiger partial charge in [-0.1, -0.05) is 115 Å². The molecule has 38 heavy (non-hydrogen) atoms. The summed E-state index contributed by atoms with van der Waals surface area (Å²) in [6, 6.07) is 18.8. The molecule has 4 heteroatoms. The number of esters is 1. The van der Waals surface area contributed by atoms with Gasteiger partial charge in [-0.2, -0.15) is 0 Å². The number of carbonyl (C=O) groups excluding carboxylic acids is 1. The first-order valence-corrected chi connectivity index (χ1v) is 15.1. The smallest absolute Gasteiger partial charge is 0.311 e. The molecule has 2 aromatic carbocycles. The Balaban J connectivity index is 1.67. The maximum atomic E-state index is 12.8. The minimum atomic E-state index is -0.556. The van der Waals surface area contributed by atoms with E-state index in [4.69, 9.17) is 9.47 Å². The van der Waals surface area contributed by atoms with E-state index < -0.39 is 6.29 Å². The van der Waals surface area contributed by atoms with Gasteiger partial charge in [-0.3, -0.25) is 4.79 Å². The lowest BCUT2D eigenvalue weighted by molar-refractivity contribution is -0.904. The molecule has 212 valence electrons. The van der Waals surface area contributed by atoms with Gasteiger partial charge in [0.15, 0.2) is 0 Å². The minimum absolute atomic E-state index is 0.167. The van der Waals surface area contributed by atoms with Gasteiger partial charge in [-0.05, 0) is 30.5 Å². The molecule has 2 aromatic rings. The van der Waals surface area contributed by atoms with E-state index in [1.807, 2.05) is 32.0 Å². The molecule has 4 nitrogen and oxygen atoms in total. The zero-order chi connectivity index (χ0) is 27.6. The highest BCUT2D eigenvalue weighted by Crippen LogP contribution is 2.20. The van der Waals surface area contributed by atoms with E-state index in [0.717, 1.165) is 36.2 Å². The molecule has 0 N–H and O–H groups in total. The van der Waals surface area contributed by atoms with Crippen LogP contribution in [0.5, 0.6) is 5.75 Å². The number of quaternary nitrogens is 1. The molecule has 0 aromatic heterocycles. The first-order chi connectivity index (χ1) is 18.3. The number of rotatable bonds is 20. The lowest BCUT2D eigenvalue weighted by Gasteiger charge is -2.31. The number of benzene rings is 2. The van der Waals surface area contributed by atoms with Crippen molar-refractivity contribution in [1.82, 2.24) is 0 Å². The Hall–Kier alpha value is -2.33. The number of ether oxygens (including phenoxy) is 2. The summed E-state index contributed by atoms with van der Waals surface area (Å²) in [7, 11) is 4.42. The molecule has 0 aliphatic heterocycles. The topological polar surface area (TPSA) is 35.5 Å². The molecule has 0 heterocycles. The van der Waals surface area contributed by atoms with Crippen LogP contribution in [-0.2, 0) is 22.5 Å². The van der Waals surface area contributed by atoms with Crippen molar-refractivity contribution >= 4 is 5.97 Å². The van der Waals surface area contributed by atoms with Gasteiger partial charge in [-0.15, -0.1) is 0 Å². The number of aryl methyl sites for hydroxylation is 1. The maximum absolute atomic E-state index is 12.8. The van der Waals surface area contributed by atoms with Crippen molar-refractivity contribution in [3.63, 3.8) is 0 Å². The van der Waals surface area contributed by atoms with Crippen molar-refractivity contribution in [3.8, 4) is 5.75 Å². The van der Waals surface area contributed by atoms with Crippen molar-refractivity contribution in [2.24, 2.45) is 5.92 Å². The predicted molar refractivity (Wildman–Crippen MR) is 159 cm³/mol. The third-order valence-corrected chi connectivity index (χ3v) is 7.36. The van der Waals surface area contributed by atoms with E-state index in [2.05, 4.69) is 57.4 Å². The fraction of sp³-hybridized carbons (Fsp3) is 0.618. The summed E-state index contributed by atoms with van der Waals surface area (Å²) < 4.78 is 12.6. The van der Waals surface area contributed by atoms with Crippen LogP contribution < -0.4 is 4.74 Å². The monoisotopic (exact) mass is 524 g/mol. The largest absolute Gasteiger partial charge is 0.455 e. The average molecular weight is 525 g/mol. The van der Waals surface area contributed by atoms with E-state index in [-0.39, 0.29) is 11.9 Å². The summed E-state index contributed by atoms with van der Waals surface area (Å²) >= 11 is 0. The SMILES string of the molecule is CCCCCCCCCCCc1ccc(OC(CC)OC(=O)C(C)CC[N+](C)(C)Cc2ccccc2)cc1. The van der Waals surface area contributed by atoms with Crippen molar-refractivity contribution < 1.29 is 18.8 Å². The van der Waals surface area contributed by atoms with Crippen LogP contribution in [0, 0.1) is 5.92 Å². The van der Waals surface area contributed by atoms with Gasteiger partial charge in [0, 0.05) is 18.4 Å². The molecule has 0 bridgehead atoms. The second-order valence-electron chi connectivity index (χ2n) is 11.6. The zero-order valence-electron chi connectivity index (χ0n) is 24.9.